The quantitative estimate of drug-likeness (QED) is 0.730. The van der Waals surface area contributed by atoms with E-state index < -0.39 is 0 Å². The van der Waals surface area contributed by atoms with Crippen molar-refractivity contribution in [3.63, 3.8) is 0 Å². The van der Waals surface area contributed by atoms with E-state index in [4.69, 9.17) is 9.47 Å². The van der Waals surface area contributed by atoms with Crippen molar-refractivity contribution < 1.29 is 28.7 Å². The third-order valence-electron chi connectivity index (χ3n) is 4.55. The summed E-state index contributed by atoms with van der Waals surface area (Å²) in [6.07, 6.45) is 1.81. The zero-order valence-electron chi connectivity index (χ0n) is 15.0. The molecule has 2 aliphatic carbocycles. The minimum Gasteiger partial charge on any atom is -0.466 e. The number of hydrogen-bond acceptors (Lipinski definition) is 6. The first kappa shape index (κ1) is 20.3. The highest BCUT2D eigenvalue weighted by Crippen LogP contribution is 2.30. The van der Waals surface area contributed by atoms with Gasteiger partial charge >= 0.3 is 11.9 Å². The fourth-order valence-electron chi connectivity index (χ4n) is 3.19. The highest BCUT2D eigenvalue weighted by molar-refractivity contribution is 5.89. The van der Waals surface area contributed by atoms with Crippen LogP contribution in [0, 0.1) is 23.7 Å². The van der Waals surface area contributed by atoms with Gasteiger partial charge in [0.05, 0.1) is 25.0 Å². The molecule has 136 valence electrons. The van der Waals surface area contributed by atoms with E-state index in [1.165, 1.54) is 0 Å². The summed E-state index contributed by atoms with van der Waals surface area (Å²) in [5.74, 6) is -0.101. The van der Waals surface area contributed by atoms with Crippen LogP contribution in [0.2, 0.25) is 0 Å². The normalized spacial score (nSPS) is 29.0. The van der Waals surface area contributed by atoms with Crippen molar-refractivity contribution in [2.45, 2.75) is 53.4 Å². The minimum absolute atomic E-state index is 0.163. The van der Waals surface area contributed by atoms with Gasteiger partial charge in [-0.3, -0.25) is 19.2 Å². The minimum atomic E-state index is -0.212. The Morgan fingerprint density at radius 3 is 1.33 bits per heavy atom. The summed E-state index contributed by atoms with van der Waals surface area (Å²) in [6.45, 7) is 8.20. The van der Waals surface area contributed by atoms with Crippen molar-refractivity contribution in [3.05, 3.63) is 0 Å². The second kappa shape index (κ2) is 9.55. The van der Waals surface area contributed by atoms with Gasteiger partial charge in [-0.1, -0.05) is 13.8 Å². The summed E-state index contributed by atoms with van der Waals surface area (Å²) in [6, 6.07) is 0. The second-order valence-electron chi connectivity index (χ2n) is 6.57. The Morgan fingerprint density at radius 1 is 0.792 bits per heavy atom. The van der Waals surface area contributed by atoms with Gasteiger partial charge in [-0.15, -0.1) is 0 Å². The molecular formula is C18H28O6. The van der Waals surface area contributed by atoms with Crippen LogP contribution in [-0.2, 0) is 28.7 Å². The zero-order valence-corrected chi connectivity index (χ0v) is 15.0. The zero-order chi connectivity index (χ0) is 18.3. The van der Waals surface area contributed by atoms with Crippen LogP contribution in [0.1, 0.15) is 53.4 Å². The number of ether oxygens (including phenoxy) is 2. The smallest absolute Gasteiger partial charge is 0.309 e. The molecule has 2 fully saturated rings. The largest absolute Gasteiger partial charge is 0.466 e. The summed E-state index contributed by atoms with van der Waals surface area (Å²) in [5, 5.41) is 0. The molecule has 2 saturated carbocycles. The lowest BCUT2D eigenvalue weighted by atomic mass is 9.99. The topological polar surface area (TPSA) is 86.7 Å². The van der Waals surface area contributed by atoms with Crippen molar-refractivity contribution in [1.82, 2.24) is 0 Å². The Balaban J connectivity index is 0.000000240. The standard InChI is InChI=1S/2C9H14O3/c2*1-3-12-9(11)8-5-7(10)4-6(8)2/h2*6,8H,3-5H2,1-2H3/t6-,8+;/m1./s1. The van der Waals surface area contributed by atoms with Gasteiger partial charge < -0.3 is 9.47 Å². The van der Waals surface area contributed by atoms with Crippen LogP contribution in [0.5, 0.6) is 0 Å². The average Bonchev–Trinajstić information content (AvgIpc) is 3.01. The van der Waals surface area contributed by atoms with Gasteiger partial charge in [-0.25, -0.2) is 0 Å². The van der Waals surface area contributed by atoms with Crippen LogP contribution in [0.25, 0.3) is 0 Å². The highest BCUT2D eigenvalue weighted by atomic mass is 16.5. The molecule has 0 aromatic heterocycles. The monoisotopic (exact) mass is 340 g/mol. The van der Waals surface area contributed by atoms with E-state index in [2.05, 4.69) is 0 Å². The molecular weight excluding hydrogens is 312 g/mol. The van der Waals surface area contributed by atoms with Gasteiger partial charge in [0.2, 0.25) is 0 Å². The molecule has 0 aliphatic heterocycles. The average molecular weight is 340 g/mol. The van der Waals surface area contributed by atoms with Crippen molar-refractivity contribution in [1.29, 1.82) is 0 Å². The fraction of sp³-hybridized carbons (Fsp3) is 0.778. The number of carbonyl (C=O) groups is 4. The molecule has 0 amide bonds. The molecule has 0 aromatic rings. The fourth-order valence-corrected chi connectivity index (χ4v) is 3.19. The predicted octanol–water partition coefficient (Wildman–Crippen LogP) is 2.33. The molecule has 2 unspecified atom stereocenters. The van der Waals surface area contributed by atoms with Crippen LogP contribution in [-0.4, -0.2) is 36.7 Å². The number of rotatable bonds is 4. The Kier molecular flexibility index (Phi) is 8.08. The number of ketones is 2. The van der Waals surface area contributed by atoms with E-state index in [1.807, 2.05) is 13.8 Å². The molecule has 6 heteroatoms. The van der Waals surface area contributed by atoms with Crippen molar-refractivity contribution in [3.8, 4) is 0 Å². The van der Waals surface area contributed by atoms with Gasteiger partial charge in [0.25, 0.3) is 0 Å². The van der Waals surface area contributed by atoms with Crippen LogP contribution < -0.4 is 0 Å². The first-order chi connectivity index (χ1) is 11.3. The molecule has 4 atom stereocenters. The summed E-state index contributed by atoms with van der Waals surface area (Å²) in [5.41, 5.74) is 0. The lowest BCUT2D eigenvalue weighted by Crippen LogP contribution is -2.19. The first-order valence-electron chi connectivity index (χ1n) is 8.66. The molecule has 2 aliphatic rings. The number of Topliss-reactive ketones (excluding diaryl/α,β-unsaturated/α-hetero) is 2. The lowest BCUT2D eigenvalue weighted by molar-refractivity contribution is -0.150. The Labute approximate surface area is 143 Å². The molecule has 2 rings (SSSR count). The van der Waals surface area contributed by atoms with E-state index in [0.717, 1.165) is 0 Å². The second-order valence-corrected chi connectivity index (χ2v) is 6.57. The SMILES string of the molecule is CCOC(=O)C1CC(=O)CC1C.CCOC(=O)[C@H]1CC(=O)C[C@H]1C. The molecule has 0 N–H and O–H groups in total. The maximum absolute atomic E-state index is 11.2. The van der Waals surface area contributed by atoms with Crippen LogP contribution in [0.4, 0.5) is 0 Å². The number of esters is 2. The molecule has 0 saturated heterocycles. The molecule has 0 spiro atoms. The molecule has 6 nitrogen and oxygen atoms in total. The number of carbonyl (C=O) groups excluding carboxylic acids is 4. The van der Waals surface area contributed by atoms with Gasteiger partial charge in [-0.05, 0) is 25.7 Å². The molecule has 0 bridgehead atoms. The van der Waals surface area contributed by atoms with Crippen LogP contribution in [0.3, 0.4) is 0 Å². The van der Waals surface area contributed by atoms with E-state index in [0.29, 0.717) is 38.9 Å². The molecule has 0 radical (unpaired) electrons. The van der Waals surface area contributed by atoms with Gasteiger partial charge in [0.1, 0.15) is 11.6 Å². The summed E-state index contributed by atoms with van der Waals surface area (Å²) < 4.78 is 9.71. The summed E-state index contributed by atoms with van der Waals surface area (Å²) in [4.78, 5) is 44.4. The lowest BCUT2D eigenvalue weighted by Gasteiger charge is -2.11. The van der Waals surface area contributed by atoms with E-state index in [9.17, 15) is 19.2 Å². The van der Waals surface area contributed by atoms with E-state index in [-0.39, 0.29) is 47.2 Å². The van der Waals surface area contributed by atoms with Crippen LogP contribution >= 0.6 is 0 Å². The maximum atomic E-state index is 11.2. The molecule has 0 heterocycles. The van der Waals surface area contributed by atoms with Crippen molar-refractivity contribution in [2.24, 2.45) is 23.7 Å². The third kappa shape index (κ3) is 5.73. The van der Waals surface area contributed by atoms with Crippen molar-refractivity contribution in [2.75, 3.05) is 13.2 Å². The Morgan fingerprint density at radius 2 is 1.12 bits per heavy atom. The third-order valence-corrected chi connectivity index (χ3v) is 4.55. The van der Waals surface area contributed by atoms with E-state index >= 15 is 0 Å². The first-order valence-corrected chi connectivity index (χ1v) is 8.66. The maximum Gasteiger partial charge on any atom is 0.309 e. The Bertz CT molecular complexity index is 440. The number of hydrogen-bond donors (Lipinski definition) is 0. The van der Waals surface area contributed by atoms with Gasteiger partial charge in [0, 0.05) is 25.7 Å². The summed E-state index contributed by atoms with van der Waals surface area (Å²) in [7, 11) is 0. The van der Waals surface area contributed by atoms with Crippen molar-refractivity contribution >= 4 is 23.5 Å². The van der Waals surface area contributed by atoms with E-state index in [1.54, 1.807) is 13.8 Å². The van der Waals surface area contributed by atoms with Crippen LogP contribution in [0.15, 0.2) is 0 Å². The molecule has 0 aromatic carbocycles. The summed E-state index contributed by atoms with van der Waals surface area (Å²) >= 11 is 0. The predicted molar refractivity (Wildman–Crippen MR) is 87.1 cm³/mol. The molecule has 24 heavy (non-hydrogen) atoms. The Hall–Kier alpha value is -1.72. The van der Waals surface area contributed by atoms with Gasteiger partial charge in [0.15, 0.2) is 0 Å². The highest BCUT2D eigenvalue weighted by Gasteiger charge is 2.36. The van der Waals surface area contributed by atoms with Gasteiger partial charge in [-0.2, -0.15) is 0 Å².